The molecule has 0 unspecified atom stereocenters. The van der Waals surface area contributed by atoms with E-state index in [1.165, 1.54) is 11.3 Å². The van der Waals surface area contributed by atoms with E-state index in [1.807, 2.05) is 16.7 Å². The highest BCUT2D eigenvalue weighted by Gasteiger charge is 1.99. The molecule has 62 valence electrons. The fourth-order valence-corrected chi connectivity index (χ4v) is 1.66. The Kier molecular flexibility index (Phi) is 1.51. The fourth-order valence-electron chi connectivity index (χ4n) is 0.940. The van der Waals surface area contributed by atoms with E-state index in [4.69, 9.17) is 11.5 Å². The SMILES string of the molecule is Nc1cn(-c2ccc(N)s2)cn1. The molecule has 0 atom stereocenters. The molecule has 0 radical (unpaired) electrons. The van der Waals surface area contributed by atoms with Crippen LogP contribution in [0.3, 0.4) is 0 Å². The summed E-state index contributed by atoms with van der Waals surface area (Å²) < 4.78 is 1.84. The van der Waals surface area contributed by atoms with Crippen LogP contribution >= 0.6 is 11.3 Å². The summed E-state index contributed by atoms with van der Waals surface area (Å²) in [7, 11) is 0. The molecule has 0 aliphatic heterocycles. The van der Waals surface area contributed by atoms with Crippen molar-refractivity contribution in [3.63, 3.8) is 0 Å². The van der Waals surface area contributed by atoms with Crippen LogP contribution in [0.25, 0.3) is 5.00 Å². The summed E-state index contributed by atoms with van der Waals surface area (Å²) >= 11 is 1.50. The summed E-state index contributed by atoms with van der Waals surface area (Å²) in [6.07, 6.45) is 3.42. The maximum atomic E-state index is 5.58. The van der Waals surface area contributed by atoms with Crippen molar-refractivity contribution in [3.8, 4) is 5.00 Å². The average molecular weight is 180 g/mol. The highest BCUT2D eigenvalue weighted by atomic mass is 32.1. The Morgan fingerprint density at radius 2 is 2.17 bits per heavy atom. The summed E-state index contributed by atoms with van der Waals surface area (Å²) in [5, 5.41) is 1.81. The van der Waals surface area contributed by atoms with Crippen LogP contribution in [-0.4, -0.2) is 9.55 Å². The van der Waals surface area contributed by atoms with Crippen molar-refractivity contribution < 1.29 is 0 Å². The van der Waals surface area contributed by atoms with Crippen LogP contribution in [-0.2, 0) is 0 Å². The van der Waals surface area contributed by atoms with E-state index < -0.39 is 0 Å². The molecule has 5 heteroatoms. The number of imidazole rings is 1. The first-order valence-corrected chi connectivity index (χ1v) is 4.22. The smallest absolute Gasteiger partial charge is 0.142 e. The molecule has 2 heterocycles. The highest BCUT2D eigenvalue weighted by Crippen LogP contribution is 2.22. The maximum absolute atomic E-state index is 5.58. The van der Waals surface area contributed by atoms with Gasteiger partial charge in [-0.1, -0.05) is 0 Å². The zero-order valence-electron chi connectivity index (χ0n) is 6.27. The minimum atomic E-state index is 0.516. The number of nitrogens with two attached hydrogens (primary N) is 2. The molecule has 2 aromatic rings. The number of hydrogen-bond donors (Lipinski definition) is 2. The first-order chi connectivity index (χ1) is 5.75. The van der Waals surface area contributed by atoms with Crippen molar-refractivity contribution in [3.05, 3.63) is 24.7 Å². The number of hydrogen-bond acceptors (Lipinski definition) is 4. The van der Waals surface area contributed by atoms with Gasteiger partial charge in [0, 0.05) is 0 Å². The van der Waals surface area contributed by atoms with Gasteiger partial charge in [-0.05, 0) is 12.1 Å². The zero-order chi connectivity index (χ0) is 8.55. The van der Waals surface area contributed by atoms with Gasteiger partial charge < -0.3 is 11.5 Å². The maximum Gasteiger partial charge on any atom is 0.142 e. The van der Waals surface area contributed by atoms with Crippen molar-refractivity contribution in [1.29, 1.82) is 0 Å². The third-order valence-corrected chi connectivity index (χ3v) is 2.40. The molecule has 0 aliphatic rings. The normalized spacial score (nSPS) is 10.3. The monoisotopic (exact) mass is 180 g/mol. The van der Waals surface area contributed by atoms with E-state index in [0.29, 0.717) is 5.82 Å². The Hall–Kier alpha value is -1.49. The molecule has 0 aromatic carbocycles. The van der Waals surface area contributed by atoms with E-state index in [-0.39, 0.29) is 0 Å². The molecular formula is C7H8N4S. The van der Waals surface area contributed by atoms with Crippen LogP contribution in [0.15, 0.2) is 24.7 Å². The Morgan fingerprint density at radius 3 is 2.67 bits per heavy atom. The minimum Gasteiger partial charge on any atom is -0.391 e. The number of nitrogen functional groups attached to an aromatic ring is 2. The van der Waals surface area contributed by atoms with Crippen LogP contribution in [0.4, 0.5) is 10.8 Å². The van der Waals surface area contributed by atoms with Crippen molar-refractivity contribution in [2.75, 3.05) is 11.5 Å². The lowest BCUT2D eigenvalue weighted by Crippen LogP contribution is -1.84. The van der Waals surface area contributed by atoms with Gasteiger partial charge in [-0.15, -0.1) is 11.3 Å². The molecule has 2 rings (SSSR count). The molecule has 0 spiro atoms. The van der Waals surface area contributed by atoms with Crippen LogP contribution in [0.2, 0.25) is 0 Å². The van der Waals surface area contributed by atoms with Gasteiger partial charge in [0.1, 0.15) is 17.1 Å². The summed E-state index contributed by atoms with van der Waals surface area (Å²) in [4.78, 5) is 3.91. The second kappa shape index (κ2) is 2.53. The summed E-state index contributed by atoms with van der Waals surface area (Å²) in [5.74, 6) is 0.516. The molecule has 0 fully saturated rings. The third kappa shape index (κ3) is 1.14. The van der Waals surface area contributed by atoms with Gasteiger partial charge in [0.05, 0.1) is 11.2 Å². The Labute approximate surface area is 73.4 Å². The predicted molar refractivity (Wildman–Crippen MR) is 50.3 cm³/mol. The van der Waals surface area contributed by atoms with Gasteiger partial charge in [0.15, 0.2) is 0 Å². The minimum absolute atomic E-state index is 0.516. The lowest BCUT2D eigenvalue weighted by molar-refractivity contribution is 1.09. The molecule has 0 saturated carbocycles. The molecule has 2 aromatic heterocycles. The Morgan fingerprint density at radius 1 is 1.33 bits per heavy atom. The second-order valence-electron chi connectivity index (χ2n) is 2.38. The Balaban J connectivity index is 2.43. The van der Waals surface area contributed by atoms with Crippen molar-refractivity contribution in [2.45, 2.75) is 0 Å². The summed E-state index contributed by atoms with van der Waals surface area (Å²) in [6.45, 7) is 0. The van der Waals surface area contributed by atoms with Gasteiger partial charge in [0.25, 0.3) is 0 Å². The fraction of sp³-hybridized carbons (Fsp3) is 0. The van der Waals surface area contributed by atoms with E-state index in [1.54, 1.807) is 12.5 Å². The summed E-state index contributed by atoms with van der Waals surface area (Å²) in [6, 6.07) is 3.79. The van der Waals surface area contributed by atoms with Crippen molar-refractivity contribution in [2.24, 2.45) is 0 Å². The van der Waals surface area contributed by atoms with Gasteiger partial charge in [-0.2, -0.15) is 0 Å². The van der Waals surface area contributed by atoms with E-state index in [0.717, 1.165) is 10.0 Å². The zero-order valence-corrected chi connectivity index (χ0v) is 7.08. The largest absolute Gasteiger partial charge is 0.391 e. The number of aromatic nitrogens is 2. The van der Waals surface area contributed by atoms with E-state index in [9.17, 15) is 0 Å². The number of thiophene rings is 1. The molecular weight excluding hydrogens is 172 g/mol. The molecule has 4 N–H and O–H groups in total. The lowest BCUT2D eigenvalue weighted by Gasteiger charge is -1.92. The molecule has 0 amide bonds. The van der Waals surface area contributed by atoms with E-state index >= 15 is 0 Å². The van der Waals surface area contributed by atoms with Gasteiger partial charge in [-0.25, -0.2) is 4.98 Å². The molecule has 0 bridgehead atoms. The first-order valence-electron chi connectivity index (χ1n) is 3.41. The molecule has 4 nitrogen and oxygen atoms in total. The van der Waals surface area contributed by atoms with Crippen LogP contribution in [0, 0.1) is 0 Å². The first kappa shape index (κ1) is 7.17. The van der Waals surface area contributed by atoms with Gasteiger partial charge in [0.2, 0.25) is 0 Å². The quantitative estimate of drug-likeness (QED) is 0.690. The van der Waals surface area contributed by atoms with Gasteiger partial charge >= 0.3 is 0 Å². The van der Waals surface area contributed by atoms with Crippen LogP contribution in [0.5, 0.6) is 0 Å². The second-order valence-corrected chi connectivity index (χ2v) is 3.48. The third-order valence-electron chi connectivity index (χ3n) is 1.47. The topological polar surface area (TPSA) is 69.9 Å². The number of anilines is 2. The van der Waals surface area contributed by atoms with Crippen molar-refractivity contribution >= 4 is 22.2 Å². The van der Waals surface area contributed by atoms with Crippen LogP contribution in [0.1, 0.15) is 0 Å². The molecule has 12 heavy (non-hydrogen) atoms. The van der Waals surface area contributed by atoms with Crippen molar-refractivity contribution in [1.82, 2.24) is 9.55 Å². The molecule has 0 aliphatic carbocycles. The van der Waals surface area contributed by atoms with Gasteiger partial charge in [-0.3, -0.25) is 4.57 Å². The Bertz CT molecular complexity index is 351. The highest BCUT2D eigenvalue weighted by molar-refractivity contribution is 7.18. The standard InChI is InChI=1S/C7H8N4S/c8-5-3-11(4-10-5)7-2-1-6(9)12-7/h1-4H,8-9H2. The predicted octanol–water partition coefficient (Wildman–Crippen LogP) is 1.10. The number of rotatable bonds is 1. The van der Waals surface area contributed by atoms with Crippen LogP contribution < -0.4 is 11.5 Å². The number of nitrogens with zero attached hydrogens (tertiary/aromatic N) is 2. The molecule has 0 saturated heterocycles. The summed E-state index contributed by atoms with van der Waals surface area (Å²) in [5.41, 5.74) is 11.0. The van der Waals surface area contributed by atoms with E-state index in [2.05, 4.69) is 4.98 Å². The average Bonchev–Trinajstić information content (AvgIpc) is 2.58. The lowest BCUT2D eigenvalue weighted by atomic mass is 10.6.